The van der Waals surface area contributed by atoms with Crippen LogP contribution in [0, 0.1) is 5.82 Å². The van der Waals surface area contributed by atoms with E-state index in [9.17, 15) is 9.18 Å². The molecule has 2 N–H and O–H groups in total. The van der Waals surface area contributed by atoms with Gasteiger partial charge in [0.05, 0.1) is 17.6 Å². The maximum absolute atomic E-state index is 13.9. The van der Waals surface area contributed by atoms with E-state index < -0.39 is 18.1 Å². The smallest absolute Gasteiger partial charge is 0.330 e. The zero-order valence-electron chi connectivity index (χ0n) is 8.77. The molecule has 3 rings (SSSR count). The van der Waals surface area contributed by atoms with E-state index in [4.69, 9.17) is 5.11 Å². The summed E-state index contributed by atoms with van der Waals surface area (Å²) in [6, 6.07) is 6.68. The quantitative estimate of drug-likeness (QED) is 0.666. The third-order valence-corrected chi connectivity index (χ3v) is 2.87. The molecule has 86 valence electrons. The summed E-state index contributed by atoms with van der Waals surface area (Å²) in [6.07, 6.45) is 1.62. The number of aromatic nitrogens is 2. The van der Waals surface area contributed by atoms with Gasteiger partial charge in [0, 0.05) is 17.1 Å². The van der Waals surface area contributed by atoms with Gasteiger partial charge in [0.25, 0.3) is 0 Å². The minimum Gasteiger partial charge on any atom is -0.392 e. The van der Waals surface area contributed by atoms with Crippen molar-refractivity contribution in [2.24, 2.45) is 0 Å². The van der Waals surface area contributed by atoms with E-state index in [0.717, 1.165) is 0 Å². The molecule has 0 atom stereocenters. The predicted molar refractivity (Wildman–Crippen MR) is 61.4 cm³/mol. The van der Waals surface area contributed by atoms with Crippen LogP contribution in [0.25, 0.3) is 16.4 Å². The van der Waals surface area contributed by atoms with Gasteiger partial charge in [-0.2, -0.15) is 0 Å². The number of fused-ring (bicyclic) bond motifs is 3. The van der Waals surface area contributed by atoms with E-state index >= 15 is 0 Å². The van der Waals surface area contributed by atoms with E-state index in [0.29, 0.717) is 10.9 Å². The van der Waals surface area contributed by atoms with Gasteiger partial charge >= 0.3 is 5.69 Å². The molecular weight excluding hydrogens is 223 g/mol. The van der Waals surface area contributed by atoms with Crippen LogP contribution in [-0.2, 0) is 6.61 Å². The number of hydrogen-bond acceptors (Lipinski definition) is 2. The Kier molecular flexibility index (Phi) is 2.02. The molecule has 0 unspecified atom stereocenters. The Morgan fingerprint density at radius 3 is 2.94 bits per heavy atom. The second-order valence-corrected chi connectivity index (χ2v) is 3.81. The van der Waals surface area contributed by atoms with Gasteiger partial charge < -0.3 is 10.1 Å². The Morgan fingerprint density at radius 2 is 2.18 bits per heavy atom. The first kappa shape index (κ1) is 10.0. The zero-order valence-corrected chi connectivity index (χ0v) is 8.77. The number of hydrogen-bond donors (Lipinski definition) is 2. The average Bonchev–Trinajstić information content (AvgIpc) is 2.81. The highest BCUT2D eigenvalue weighted by Crippen LogP contribution is 2.22. The van der Waals surface area contributed by atoms with Gasteiger partial charge in [-0.3, -0.25) is 4.40 Å². The molecule has 0 bridgehead atoms. The van der Waals surface area contributed by atoms with Crippen LogP contribution >= 0.6 is 0 Å². The van der Waals surface area contributed by atoms with E-state index in [-0.39, 0.29) is 11.1 Å². The summed E-state index contributed by atoms with van der Waals surface area (Å²) in [4.78, 5) is 14.2. The number of benzene rings is 1. The molecule has 5 heteroatoms. The molecule has 0 saturated carbocycles. The Labute approximate surface area is 94.9 Å². The van der Waals surface area contributed by atoms with Gasteiger partial charge in [-0.15, -0.1) is 0 Å². The fraction of sp³-hybridized carbons (Fsp3) is 0.0833. The Hall–Kier alpha value is -2.14. The molecule has 1 aromatic carbocycles. The van der Waals surface area contributed by atoms with Gasteiger partial charge in [0.15, 0.2) is 5.82 Å². The molecule has 0 radical (unpaired) electrons. The number of rotatable bonds is 1. The summed E-state index contributed by atoms with van der Waals surface area (Å²) in [6.45, 7) is -0.393. The highest BCUT2D eigenvalue weighted by Gasteiger charge is 2.11. The van der Waals surface area contributed by atoms with Crippen LogP contribution in [0.2, 0.25) is 0 Å². The summed E-state index contributed by atoms with van der Waals surface area (Å²) < 4.78 is 15.4. The van der Waals surface area contributed by atoms with Crippen molar-refractivity contribution in [2.45, 2.75) is 6.61 Å². The standard InChI is InChI=1S/C12H9FN2O2/c13-10-7(6-16)3-4-8-9-2-1-5-15(9)12(17)14-11(8)10/h1-5,16H,6H2,(H,14,17). The van der Waals surface area contributed by atoms with E-state index in [1.54, 1.807) is 24.4 Å². The summed E-state index contributed by atoms with van der Waals surface area (Å²) in [5, 5.41) is 9.60. The summed E-state index contributed by atoms with van der Waals surface area (Å²) in [7, 11) is 0. The van der Waals surface area contributed by atoms with Crippen molar-refractivity contribution in [1.29, 1.82) is 0 Å². The maximum Gasteiger partial charge on any atom is 0.330 e. The highest BCUT2D eigenvalue weighted by molar-refractivity contribution is 5.94. The molecule has 4 nitrogen and oxygen atoms in total. The highest BCUT2D eigenvalue weighted by atomic mass is 19.1. The normalized spacial score (nSPS) is 11.4. The van der Waals surface area contributed by atoms with Crippen molar-refractivity contribution in [3.8, 4) is 0 Å². The lowest BCUT2D eigenvalue weighted by atomic mass is 10.1. The summed E-state index contributed by atoms with van der Waals surface area (Å²) in [5.41, 5.74) is 0.551. The largest absolute Gasteiger partial charge is 0.392 e. The molecule has 0 aliphatic rings. The van der Waals surface area contributed by atoms with Crippen molar-refractivity contribution >= 4 is 16.4 Å². The van der Waals surface area contributed by atoms with Crippen LogP contribution in [0.15, 0.2) is 35.3 Å². The predicted octanol–water partition coefficient (Wildman–Crippen LogP) is 1.41. The topological polar surface area (TPSA) is 57.5 Å². The van der Waals surface area contributed by atoms with Crippen molar-refractivity contribution < 1.29 is 9.50 Å². The van der Waals surface area contributed by atoms with Crippen LogP contribution in [0.4, 0.5) is 4.39 Å². The molecule has 0 aliphatic heterocycles. The molecule has 2 heterocycles. The third-order valence-electron chi connectivity index (χ3n) is 2.87. The second kappa shape index (κ2) is 3.43. The Morgan fingerprint density at radius 1 is 1.35 bits per heavy atom. The monoisotopic (exact) mass is 232 g/mol. The maximum atomic E-state index is 13.9. The van der Waals surface area contributed by atoms with Crippen molar-refractivity contribution in [3.05, 3.63) is 52.3 Å². The van der Waals surface area contributed by atoms with Gasteiger partial charge in [0.2, 0.25) is 0 Å². The summed E-state index contributed by atoms with van der Waals surface area (Å²) >= 11 is 0. The number of aliphatic hydroxyl groups is 1. The number of nitrogens with zero attached hydrogens (tertiary/aromatic N) is 1. The van der Waals surface area contributed by atoms with Crippen LogP contribution in [-0.4, -0.2) is 14.5 Å². The lowest BCUT2D eigenvalue weighted by molar-refractivity contribution is 0.276. The van der Waals surface area contributed by atoms with E-state index in [1.807, 2.05) is 0 Å². The first-order valence-electron chi connectivity index (χ1n) is 5.13. The molecule has 2 aromatic heterocycles. The van der Waals surface area contributed by atoms with Gasteiger partial charge in [0.1, 0.15) is 0 Å². The summed E-state index contributed by atoms with van der Waals surface area (Å²) in [5.74, 6) is -0.578. The number of aliphatic hydroxyl groups excluding tert-OH is 1. The van der Waals surface area contributed by atoms with Gasteiger partial charge in [-0.05, 0) is 12.1 Å². The minimum atomic E-state index is -0.578. The van der Waals surface area contributed by atoms with Crippen LogP contribution < -0.4 is 5.69 Å². The van der Waals surface area contributed by atoms with Gasteiger partial charge in [-0.25, -0.2) is 9.18 Å². The number of aromatic amines is 1. The molecular formula is C12H9FN2O2. The molecule has 3 aromatic rings. The SMILES string of the molecule is O=c1[nH]c2c(F)c(CO)ccc2c2cccn12. The molecule has 0 saturated heterocycles. The van der Waals surface area contributed by atoms with Crippen molar-refractivity contribution in [2.75, 3.05) is 0 Å². The molecule has 0 amide bonds. The van der Waals surface area contributed by atoms with Gasteiger partial charge in [-0.1, -0.05) is 12.1 Å². The van der Waals surface area contributed by atoms with Crippen molar-refractivity contribution in [3.63, 3.8) is 0 Å². The minimum absolute atomic E-state index is 0.132. The van der Waals surface area contributed by atoms with Crippen molar-refractivity contribution in [1.82, 2.24) is 9.38 Å². The number of nitrogens with one attached hydrogen (secondary N) is 1. The van der Waals surface area contributed by atoms with Crippen LogP contribution in [0.1, 0.15) is 5.56 Å². The van der Waals surface area contributed by atoms with Crippen LogP contribution in [0.3, 0.4) is 0 Å². The lowest BCUT2D eigenvalue weighted by Gasteiger charge is -2.05. The first-order chi connectivity index (χ1) is 8.22. The van der Waals surface area contributed by atoms with Crippen LogP contribution in [0.5, 0.6) is 0 Å². The third kappa shape index (κ3) is 1.29. The number of H-pyrrole nitrogens is 1. The molecule has 0 fully saturated rings. The average molecular weight is 232 g/mol. The lowest BCUT2D eigenvalue weighted by Crippen LogP contribution is -2.16. The Balaban J connectivity index is 2.58. The molecule has 17 heavy (non-hydrogen) atoms. The van der Waals surface area contributed by atoms with E-state index in [1.165, 1.54) is 10.5 Å². The zero-order chi connectivity index (χ0) is 12.0. The fourth-order valence-electron chi connectivity index (χ4n) is 2.02. The molecule has 0 spiro atoms. The second-order valence-electron chi connectivity index (χ2n) is 3.81. The Bertz CT molecular complexity index is 773. The number of halogens is 1. The fourth-order valence-corrected chi connectivity index (χ4v) is 2.02. The molecule has 0 aliphatic carbocycles. The van der Waals surface area contributed by atoms with E-state index in [2.05, 4.69) is 4.98 Å². The first-order valence-corrected chi connectivity index (χ1v) is 5.13.